The number of nitrogens with one attached hydrogen (secondary N) is 2. The van der Waals surface area contributed by atoms with Crippen LogP contribution in [0.3, 0.4) is 0 Å². The van der Waals surface area contributed by atoms with Crippen LogP contribution in [0.5, 0.6) is 17.2 Å². The number of furan rings is 1. The first-order valence-corrected chi connectivity index (χ1v) is 10.4. The third kappa shape index (κ3) is 5.94. The van der Waals surface area contributed by atoms with Crippen LogP contribution < -0.4 is 24.8 Å². The van der Waals surface area contributed by atoms with Crippen molar-refractivity contribution in [2.75, 3.05) is 32.2 Å². The monoisotopic (exact) mass is 421 g/mol. The lowest BCUT2D eigenvalue weighted by atomic mass is 10.2. The number of guanidine groups is 1. The zero-order valence-corrected chi connectivity index (χ0v) is 17.6. The zero-order valence-electron chi connectivity index (χ0n) is 17.6. The van der Waals surface area contributed by atoms with E-state index in [4.69, 9.17) is 23.6 Å². The van der Waals surface area contributed by atoms with Gasteiger partial charge in [-0.1, -0.05) is 12.1 Å². The molecule has 7 nitrogen and oxygen atoms in total. The molecule has 0 atom stereocenters. The van der Waals surface area contributed by atoms with Gasteiger partial charge in [0.2, 0.25) is 0 Å². The molecule has 0 radical (unpaired) electrons. The predicted molar refractivity (Wildman–Crippen MR) is 120 cm³/mol. The summed E-state index contributed by atoms with van der Waals surface area (Å²) in [4.78, 5) is 4.75. The molecule has 2 heterocycles. The molecule has 0 spiro atoms. The fourth-order valence-corrected chi connectivity index (χ4v) is 3.22. The van der Waals surface area contributed by atoms with Crippen LogP contribution in [-0.2, 0) is 13.0 Å². The first kappa shape index (κ1) is 20.7. The quantitative estimate of drug-likeness (QED) is 0.439. The fourth-order valence-electron chi connectivity index (χ4n) is 3.22. The van der Waals surface area contributed by atoms with Crippen molar-refractivity contribution < 1.29 is 18.6 Å². The van der Waals surface area contributed by atoms with Gasteiger partial charge in [-0.25, -0.2) is 4.99 Å². The standard InChI is InChI=1S/C24H27N3O4/c1-28-21-6-2-5-18(15-21)17-26-24(25-11-10-20-7-3-12-29-20)27-19-8-9-22-23(16-19)31-14-4-13-30-22/h2-3,5-9,12,15-16H,4,10-11,13-14,17H2,1H3,(H2,25,26,27). The van der Waals surface area contributed by atoms with Crippen LogP contribution in [0, 0.1) is 0 Å². The molecule has 0 saturated heterocycles. The van der Waals surface area contributed by atoms with E-state index in [1.807, 2.05) is 54.6 Å². The summed E-state index contributed by atoms with van der Waals surface area (Å²) in [5, 5.41) is 6.74. The normalized spacial score (nSPS) is 13.4. The van der Waals surface area contributed by atoms with Crippen molar-refractivity contribution in [2.45, 2.75) is 19.4 Å². The molecule has 1 aliphatic heterocycles. The van der Waals surface area contributed by atoms with E-state index in [0.29, 0.717) is 32.3 Å². The average Bonchev–Trinajstić information content (AvgIpc) is 3.21. The van der Waals surface area contributed by atoms with Gasteiger partial charge in [0.05, 0.1) is 33.1 Å². The summed E-state index contributed by atoms with van der Waals surface area (Å²) in [6, 6.07) is 17.6. The summed E-state index contributed by atoms with van der Waals surface area (Å²) >= 11 is 0. The Morgan fingerprint density at radius 1 is 1.03 bits per heavy atom. The summed E-state index contributed by atoms with van der Waals surface area (Å²) in [7, 11) is 1.66. The topological polar surface area (TPSA) is 77.2 Å². The first-order chi connectivity index (χ1) is 15.3. The van der Waals surface area contributed by atoms with Gasteiger partial charge in [-0.3, -0.25) is 0 Å². The molecule has 0 amide bonds. The van der Waals surface area contributed by atoms with E-state index in [9.17, 15) is 0 Å². The molecule has 7 heteroatoms. The SMILES string of the molecule is COc1cccc(CN=C(NCCc2ccco2)Nc2ccc3c(c2)OCCCO3)c1. The minimum atomic E-state index is 0.512. The summed E-state index contributed by atoms with van der Waals surface area (Å²) in [5.41, 5.74) is 1.93. The van der Waals surface area contributed by atoms with E-state index in [1.165, 1.54) is 0 Å². The second-order valence-corrected chi connectivity index (χ2v) is 7.11. The number of hydrogen-bond donors (Lipinski definition) is 2. The lowest BCUT2D eigenvalue weighted by Crippen LogP contribution is -2.32. The predicted octanol–water partition coefficient (Wildman–Crippen LogP) is 4.25. The van der Waals surface area contributed by atoms with Crippen molar-refractivity contribution in [1.29, 1.82) is 0 Å². The van der Waals surface area contributed by atoms with Gasteiger partial charge in [0, 0.05) is 31.1 Å². The summed E-state index contributed by atoms with van der Waals surface area (Å²) in [6.45, 7) is 2.51. The Kier molecular flexibility index (Phi) is 6.95. The van der Waals surface area contributed by atoms with Crippen LogP contribution in [0.4, 0.5) is 5.69 Å². The van der Waals surface area contributed by atoms with Gasteiger partial charge in [0.15, 0.2) is 17.5 Å². The molecule has 3 aromatic rings. The van der Waals surface area contributed by atoms with Crippen LogP contribution in [0.1, 0.15) is 17.7 Å². The summed E-state index contributed by atoms with van der Waals surface area (Å²) in [6.07, 6.45) is 3.32. The summed E-state index contributed by atoms with van der Waals surface area (Å²) in [5.74, 6) is 3.92. The second-order valence-electron chi connectivity index (χ2n) is 7.11. The van der Waals surface area contributed by atoms with Crippen molar-refractivity contribution in [2.24, 2.45) is 4.99 Å². The molecule has 0 aliphatic carbocycles. The Labute approximate surface area is 182 Å². The zero-order chi connectivity index (χ0) is 21.3. The molecule has 1 aromatic heterocycles. The lowest BCUT2D eigenvalue weighted by molar-refractivity contribution is 0.297. The highest BCUT2D eigenvalue weighted by molar-refractivity contribution is 5.94. The number of benzene rings is 2. The van der Waals surface area contributed by atoms with Gasteiger partial charge in [0.1, 0.15) is 11.5 Å². The maximum Gasteiger partial charge on any atom is 0.196 e. The largest absolute Gasteiger partial charge is 0.497 e. The number of anilines is 1. The minimum Gasteiger partial charge on any atom is -0.497 e. The molecular weight excluding hydrogens is 394 g/mol. The number of fused-ring (bicyclic) bond motifs is 1. The maximum absolute atomic E-state index is 5.80. The molecule has 1 aliphatic rings. The molecule has 31 heavy (non-hydrogen) atoms. The maximum atomic E-state index is 5.80. The minimum absolute atomic E-state index is 0.512. The van der Waals surface area contributed by atoms with Crippen LogP contribution in [-0.4, -0.2) is 32.8 Å². The van der Waals surface area contributed by atoms with E-state index in [1.54, 1.807) is 13.4 Å². The van der Waals surface area contributed by atoms with Crippen molar-refractivity contribution in [3.05, 3.63) is 72.2 Å². The molecule has 0 fully saturated rings. The van der Waals surface area contributed by atoms with Gasteiger partial charge in [-0.2, -0.15) is 0 Å². The van der Waals surface area contributed by atoms with Gasteiger partial charge in [-0.05, 0) is 42.0 Å². The number of ether oxygens (including phenoxy) is 3. The average molecular weight is 421 g/mol. The molecule has 4 rings (SSSR count). The van der Waals surface area contributed by atoms with Gasteiger partial charge < -0.3 is 29.3 Å². The lowest BCUT2D eigenvalue weighted by Gasteiger charge is -2.14. The number of methoxy groups -OCH3 is 1. The first-order valence-electron chi connectivity index (χ1n) is 10.4. The molecule has 0 saturated carbocycles. The smallest absolute Gasteiger partial charge is 0.196 e. The van der Waals surface area contributed by atoms with Crippen molar-refractivity contribution in [1.82, 2.24) is 5.32 Å². The van der Waals surface area contributed by atoms with E-state index >= 15 is 0 Å². The van der Waals surface area contributed by atoms with Gasteiger partial charge in [0.25, 0.3) is 0 Å². The highest BCUT2D eigenvalue weighted by atomic mass is 16.5. The van der Waals surface area contributed by atoms with Crippen molar-refractivity contribution >= 4 is 11.6 Å². The Balaban J connectivity index is 1.47. The second kappa shape index (κ2) is 10.4. The van der Waals surface area contributed by atoms with E-state index in [-0.39, 0.29) is 0 Å². The Bertz CT molecular complexity index is 1000. The molecule has 0 unspecified atom stereocenters. The fraction of sp³-hybridized carbons (Fsp3) is 0.292. The van der Waals surface area contributed by atoms with E-state index in [2.05, 4.69) is 10.6 Å². The van der Waals surface area contributed by atoms with Crippen LogP contribution in [0.25, 0.3) is 0 Å². The third-order valence-electron chi connectivity index (χ3n) is 4.81. The van der Waals surface area contributed by atoms with E-state index in [0.717, 1.165) is 47.1 Å². The summed E-state index contributed by atoms with van der Waals surface area (Å²) < 4.78 is 22.3. The van der Waals surface area contributed by atoms with Crippen LogP contribution in [0.15, 0.2) is 70.3 Å². The number of nitrogens with zero attached hydrogens (tertiary/aromatic N) is 1. The Morgan fingerprint density at radius 2 is 1.94 bits per heavy atom. The van der Waals surface area contributed by atoms with E-state index < -0.39 is 0 Å². The number of rotatable bonds is 7. The number of hydrogen-bond acceptors (Lipinski definition) is 5. The molecular formula is C24H27N3O4. The van der Waals surface area contributed by atoms with Gasteiger partial charge in [-0.15, -0.1) is 0 Å². The van der Waals surface area contributed by atoms with Gasteiger partial charge >= 0.3 is 0 Å². The highest BCUT2D eigenvalue weighted by Crippen LogP contribution is 2.32. The highest BCUT2D eigenvalue weighted by Gasteiger charge is 2.11. The van der Waals surface area contributed by atoms with Crippen LogP contribution >= 0.6 is 0 Å². The van der Waals surface area contributed by atoms with Crippen molar-refractivity contribution in [3.63, 3.8) is 0 Å². The molecule has 162 valence electrons. The molecule has 2 N–H and O–H groups in total. The molecule has 2 aromatic carbocycles. The van der Waals surface area contributed by atoms with Crippen LogP contribution in [0.2, 0.25) is 0 Å². The Hall–Kier alpha value is -3.61. The Morgan fingerprint density at radius 3 is 2.77 bits per heavy atom. The third-order valence-corrected chi connectivity index (χ3v) is 4.81. The van der Waals surface area contributed by atoms with Crippen molar-refractivity contribution in [3.8, 4) is 17.2 Å². The number of aliphatic imine (C=N–C) groups is 1. The molecule has 0 bridgehead atoms.